The fraction of sp³-hybridized carbons (Fsp3) is 0.310. The van der Waals surface area contributed by atoms with Crippen LogP contribution in [0.5, 0.6) is 5.75 Å². The number of hydrogen-bond acceptors (Lipinski definition) is 5. The van der Waals surface area contributed by atoms with E-state index in [9.17, 15) is 17.6 Å². The lowest BCUT2D eigenvalue weighted by Crippen LogP contribution is -2.29. The number of halogens is 2. The Hall–Kier alpha value is -3.23. The minimum atomic E-state index is -3.27. The van der Waals surface area contributed by atoms with E-state index in [2.05, 4.69) is 0 Å². The molecule has 4 rings (SSSR count). The van der Waals surface area contributed by atoms with E-state index in [4.69, 9.17) is 21.3 Å². The molecule has 38 heavy (non-hydrogen) atoms. The third-order valence-corrected chi connectivity index (χ3v) is 8.45. The van der Waals surface area contributed by atoms with Crippen LogP contribution in [-0.4, -0.2) is 29.5 Å². The number of imidazole rings is 1. The Kier molecular flexibility index (Phi) is 7.95. The number of aryl methyl sites for hydroxylation is 1. The number of rotatable bonds is 10. The van der Waals surface area contributed by atoms with Gasteiger partial charge in [0.2, 0.25) is 0 Å². The molecule has 0 aliphatic carbocycles. The molecule has 0 saturated carbocycles. The van der Waals surface area contributed by atoms with E-state index in [0.29, 0.717) is 18.1 Å². The van der Waals surface area contributed by atoms with E-state index in [0.717, 1.165) is 22.2 Å². The van der Waals surface area contributed by atoms with Crippen molar-refractivity contribution in [3.05, 3.63) is 88.5 Å². The molecule has 0 aliphatic heterocycles. The van der Waals surface area contributed by atoms with Crippen LogP contribution in [-0.2, 0) is 39.6 Å². The fourth-order valence-corrected chi connectivity index (χ4v) is 5.45. The van der Waals surface area contributed by atoms with Crippen molar-refractivity contribution in [2.45, 2.75) is 57.6 Å². The molecule has 1 aromatic heterocycles. The summed E-state index contributed by atoms with van der Waals surface area (Å²) < 4.78 is 46.1. The first-order chi connectivity index (χ1) is 17.9. The van der Waals surface area contributed by atoms with E-state index < -0.39 is 21.3 Å². The van der Waals surface area contributed by atoms with E-state index in [1.54, 1.807) is 37.3 Å². The molecule has 0 fully saturated rings. The predicted octanol–water partition coefficient (Wildman–Crippen LogP) is 6.31. The van der Waals surface area contributed by atoms with Gasteiger partial charge in [-0.05, 0) is 68.3 Å². The lowest BCUT2D eigenvalue weighted by molar-refractivity contribution is -0.117. The first kappa shape index (κ1) is 27.8. The van der Waals surface area contributed by atoms with Crippen LogP contribution in [0, 0.1) is 5.82 Å². The van der Waals surface area contributed by atoms with E-state index >= 15 is 0 Å². The molecular formula is C29H30ClFN2O4S. The number of Topliss-reactive ketones (excluding diaryl/α,β-unsaturated/α-hetero) is 1. The molecule has 0 bridgehead atoms. The Bertz CT molecular complexity index is 1600. The summed E-state index contributed by atoms with van der Waals surface area (Å²) in [6, 6.07) is 16.6. The van der Waals surface area contributed by atoms with Crippen LogP contribution in [0.15, 0.2) is 65.6 Å². The molecule has 1 heterocycles. The van der Waals surface area contributed by atoms with Crippen LogP contribution in [0.3, 0.4) is 0 Å². The first-order valence-electron chi connectivity index (χ1n) is 12.4. The number of aromatic nitrogens is 2. The SMILES string of the molecule is CCn1c(C(C)(C)Oc2ccc(Cl)c(F)c2)nc2cc(CC(=O)Cc3ccc(S(=O)(=O)CC)cc3)ccc21. The smallest absolute Gasteiger partial charge is 0.178 e. The molecule has 0 N–H and O–H groups in total. The number of sulfone groups is 1. The van der Waals surface area contributed by atoms with Crippen LogP contribution in [0.25, 0.3) is 11.0 Å². The minimum Gasteiger partial charge on any atom is -0.480 e. The highest BCUT2D eigenvalue weighted by Crippen LogP contribution is 2.32. The lowest BCUT2D eigenvalue weighted by Gasteiger charge is -2.26. The maximum absolute atomic E-state index is 14.0. The van der Waals surface area contributed by atoms with Crippen molar-refractivity contribution in [3.63, 3.8) is 0 Å². The number of fused-ring (bicyclic) bond motifs is 1. The molecule has 3 aromatic carbocycles. The van der Waals surface area contributed by atoms with Crippen LogP contribution in [0.1, 0.15) is 44.6 Å². The second kappa shape index (κ2) is 10.9. The number of carbonyl (C=O) groups is 1. The fourth-order valence-electron chi connectivity index (χ4n) is 4.44. The molecule has 0 amide bonds. The molecule has 200 valence electrons. The Balaban J connectivity index is 1.53. The highest BCUT2D eigenvalue weighted by molar-refractivity contribution is 7.91. The summed E-state index contributed by atoms with van der Waals surface area (Å²) in [5.74, 6) is 0.514. The van der Waals surface area contributed by atoms with Gasteiger partial charge in [0.25, 0.3) is 0 Å². The van der Waals surface area contributed by atoms with Gasteiger partial charge >= 0.3 is 0 Å². The average molecular weight is 557 g/mol. The quantitative estimate of drug-likeness (QED) is 0.229. The van der Waals surface area contributed by atoms with Gasteiger partial charge in [-0.3, -0.25) is 4.79 Å². The van der Waals surface area contributed by atoms with Crippen molar-refractivity contribution in [2.24, 2.45) is 0 Å². The number of ketones is 1. The van der Waals surface area contributed by atoms with Gasteiger partial charge in [0.1, 0.15) is 17.3 Å². The standard InChI is InChI=1S/C29H30ClFN2O4S/c1-5-33-27-14-9-20(16-21(34)15-19-7-11-23(12-8-19)38(35,36)6-2)17-26(27)32-28(33)29(3,4)37-22-10-13-24(30)25(31)18-22/h7-14,17-18H,5-6,15-16H2,1-4H3. The normalized spacial score (nSPS) is 12.2. The predicted molar refractivity (Wildman–Crippen MR) is 147 cm³/mol. The Labute approximate surface area is 227 Å². The zero-order chi connectivity index (χ0) is 27.7. The molecular weight excluding hydrogens is 527 g/mol. The van der Waals surface area contributed by atoms with Crippen molar-refractivity contribution in [2.75, 3.05) is 5.75 Å². The monoisotopic (exact) mass is 556 g/mol. The summed E-state index contributed by atoms with van der Waals surface area (Å²) in [7, 11) is -3.27. The summed E-state index contributed by atoms with van der Waals surface area (Å²) in [5, 5.41) is 0.0273. The van der Waals surface area contributed by atoms with Crippen molar-refractivity contribution >= 4 is 38.3 Å². The topological polar surface area (TPSA) is 78.3 Å². The molecule has 4 aromatic rings. The van der Waals surface area contributed by atoms with Crippen LogP contribution >= 0.6 is 11.6 Å². The van der Waals surface area contributed by atoms with E-state index in [-0.39, 0.29) is 34.3 Å². The second-order valence-corrected chi connectivity index (χ2v) is 12.3. The molecule has 0 spiro atoms. The Morgan fingerprint density at radius 3 is 2.29 bits per heavy atom. The maximum Gasteiger partial charge on any atom is 0.178 e. The van der Waals surface area contributed by atoms with Gasteiger partial charge < -0.3 is 9.30 Å². The molecule has 0 atom stereocenters. The second-order valence-electron chi connectivity index (χ2n) is 9.63. The summed E-state index contributed by atoms with van der Waals surface area (Å²) >= 11 is 5.80. The molecule has 0 radical (unpaired) electrons. The Morgan fingerprint density at radius 2 is 1.66 bits per heavy atom. The molecule has 0 unspecified atom stereocenters. The third kappa shape index (κ3) is 5.92. The zero-order valence-corrected chi connectivity index (χ0v) is 23.4. The number of nitrogens with zero attached hydrogens (tertiary/aromatic N) is 2. The third-order valence-electron chi connectivity index (χ3n) is 6.40. The van der Waals surface area contributed by atoms with E-state index in [1.807, 2.05) is 43.5 Å². The van der Waals surface area contributed by atoms with Gasteiger partial charge in [-0.2, -0.15) is 0 Å². The van der Waals surface area contributed by atoms with Crippen molar-refractivity contribution < 1.29 is 22.3 Å². The maximum atomic E-state index is 14.0. The Morgan fingerprint density at radius 1 is 1.00 bits per heavy atom. The summed E-state index contributed by atoms with van der Waals surface area (Å²) in [6.45, 7) is 8.00. The van der Waals surface area contributed by atoms with Gasteiger partial charge in [-0.1, -0.05) is 36.7 Å². The number of ether oxygens (including phenoxy) is 1. The zero-order valence-electron chi connectivity index (χ0n) is 21.8. The number of benzene rings is 3. The average Bonchev–Trinajstić information content (AvgIpc) is 3.25. The van der Waals surface area contributed by atoms with Gasteiger partial charge in [0, 0.05) is 25.5 Å². The minimum absolute atomic E-state index is 0.0130. The summed E-state index contributed by atoms with van der Waals surface area (Å²) in [4.78, 5) is 17.9. The number of hydrogen-bond donors (Lipinski definition) is 0. The molecule has 0 saturated heterocycles. The van der Waals surface area contributed by atoms with E-state index in [1.165, 1.54) is 12.1 Å². The van der Waals surface area contributed by atoms with Crippen molar-refractivity contribution in [1.29, 1.82) is 0 Å². The largest absolute Gasteiger partial charge is 0.480 e. The van der Waals surface area contributed by atoms with Crippen molar-refractivity contribution in [1.82, 2.24) is 9.55 Å². The van der Waals surface area contributed by atoms with Gasteiger partial charge in [0.15, 0.2) is 21.3 Å². The highest BCUT2D eigenvalue weighted by Gasteiger charge is 2.30. The van der Waals surface area contributed by atoms with Gasteiger partial charge in [-0.15, -0.1) is 0 Å². The molecule has 6 nitrogen and oxygen atoms in total. The molecule has 0 aliphatic rings. The summed E-state index contributed by atoms with van der Waals surface area (Å²) in [5.41, 5.74) is 2.37. The van der Waals surface area contributed by atoms with Gasteiger partial charge in [0.05, 0.1) is 26.7 Å². The highest BCUT2D eigenvalue weighted by atomic mass is 35.5. The van der Waals surface area contributed by atoms with Crippen LogP contribution in [0.4, 0.5) is 4.39 Å². The van der Waals surface area contributed by atoms with Crippen LogP contribution < -0.4 is 4.74 Å². The lowest BCUT2D eigenvalue weighted by atomic mass is 10.0. The number of carbonyl (C=O) groups excluding carboxylic acids is 1. The van der Waals surface area contributed by atoms with Crippen molar-refractivity contribution in [3.8, 4) is 5.75 Å². The molecule has 9 heteroatoms. The summed E-state index contributed by atoms with van der Waals surface area (Å²) in [6.07, 6.45) is 0.431. The first-order valence-corrected chi connectivity index (χ1v) is 14.4. The van der Waals surface area contributed by atoms with Crippen LogP contribution in [0.2, 0.25) is 5.02 Å². The van der Waals surface area contributed by atoms with Gasteiger partial charge in [-0.25, -0.2) is 17.8 Å².